The minimum absolute atomic E-state index is 0.0204. The summed E-state index contributed by atoms with van der Waals surface area (Å²) in [6, 6.07) is 4.67. The molecule has 9 heteroatoms. The second-order valence-electron chi connectivity index (χ2n) is 10.3. The van der Waals surface area contributed by atoms with E-state index in [1.165, 1.54) is 19.3 Å². The lowest BCUT2D eigenvalue weighted by atomic mass is 9.91. The molecule has 0 spiro atoms. The molecule has 0 radical (unpaired) electrons. The van der Waals surface area contributed by atoms with Crippen molar-refractivity contribution >= 4 is 17.6 Å². The van der Waals surface area contributed by atoms with Crippen LogP contribution in [-0.2, 0) is 9.53 Å². The first-order valence-electron chi connectivity index (χ1n) is 13.2. The first kappa shape index (κ1) is 25.9. The van der Waals surface area contributed by atoms with Crippen LogP contribution >= 0.6 is 0 Å². The van der Waals surface area contributed by atoms with Crippen LogP contribution in [0.3, 0.4) is 0 Å². The Morgan fingerprint density at radius 1 is 1.06 bits per heavy atom. The highest BCUT2D eigenvalue weighted by molar-refractivity contribution is 5.94. The summed E-state index contributed by atoms with van der Waals surface area (Å²) in [6.45, 7) is 12.7. The van der Waals surface area contributed by atoms with E-state index in [-0.39, 0.29) is 17.9 Å². The Morgan fingerprint density at radius 3 is 2.31 bits per heavy atom. The Balaban J connectivity index is 1.22. The minimum atomic E-state index is -0.0204. The van der Waals surface area contributed by atoms with E-state index in [0.717, 1.165) is 64.2 Å². The minimum Gasteiger partial charge on any atom is -0.383 e. The second-order valence-corrected chi connectivity index (χ2v) is 10.3. The number of pyridine rings is 1. The number of nitrogens with zero attached hydrogens (tertiary/aromatic N) is 6. The number of anilines is 1. The quantitative estimate of drug-likeness (QED) is 0.522. The number of hydrogen-bond donors (Lipinski definition) is 0. The number of amides is 2. The van der Waals surface area contributed by atoms with E-state index in [4.69, 9.17) is 4.74 Å². The Kier molecular flexibility index (Phi) is 8.97. The lowest BCUT2D eigenvalue weighted by Crippen LogP contribution is -2.56. The van der Waals surface area contributed by atoms with E-state index in [1.807, 2.05) is 35.8 Å². The fourth-order valence-corrected chi connectivity index (χ4v) is 5.16. The molecule has 2 aliphatic heterocycles. The zero-order chi connectivity index (χ0) is 24.8. The van der Waals surface area contributed by atoms with E-state index < -0.39 is 0 Å². The van der Waals surface area contributed by atoms with Crippen LogP contribution in [0.15, 0.2) is 18.3 Å². The van der Waals surface area contributed by atoms with Crippen LogP contribution < -0.4 is 4.90 Å². The summed E-state index contributed by atoms with van der Waals surface area (Å²) >= 11 is 0. The fraction of sp³-hybridized carbons (Fsp3) is 0.731. The molecule has 4 rings (SSSR count). The Bertz CT molecular complexity index is 828. The van der Waals surface area contributed by atoms with Crippen LogP contribution in [0.4, 0.5) is 5.82 Å². The predicted molar refractivity (Wildman–Crippen MR) is 137 cm³/mol. The molecule has 1 saturated carbocycles. The summed E-state index contributed by atoms with van der Waals surface area (Å²) in [5, 5.41) is 0. The maximum atomic E-state index is 12.9. The smallest absolute Gasteiger partial charge is 0.255 e. The topological polar surface area (TPSA) is 72.5 Å². The molecule has 35 heavy (non-hydrogen) atoms. The third-order valence-corrected chi connectivity index (χ3v) is 7.73. The Labute approximate surface area is 210 Å². The monoisotopic (exact) mass is 486 g/mol. The van der Waals surface area contributed by atoms with Gasteiger partial charge in [0.05, 0.1) is 18.7 Å². The molecule has 0 aromatic carbocycles. The lowest BCUT2D eigenvalue weighted by Gasteiger charge is -2.43. The molecule has 1 aromatic heterocycles. The summed E-state index contributed by atoms with van der Waals surface area (Å²) in [5.74, 6) is 1.12. The van der Waals surface area contributed by atoms with Gasteiger partial charge in [0, 0.05) is 84.3 Å². The number of carbonyl (C=O) groups excluding carboxylic acids is 2. The van der Waals surface area contributed by atoms with Gasteiger partial charge in [0.2, 0.25) is 5.91 Å². The summed E-state index contributed by atoms with van der Waals surface area (Å²) in [5.41, 5.74) is 0.597. The van der Waals surface area contributed by atoms with Gasteiger partial charge in [-0.15, -0.1) is 0 Å². The van der Waals surface area contributed by atoms with Gasteiger partial charge in [0.15, 0.2) is 0 Å². The van der Waals surface area contributed by atoms with Gasteiger partial charge in [0.25, 0.3) is 5.91 Å². The number of rotatable bonds is 9. The van der Waals surface area contributed by atoms with Crippen LogP contribution in [0.25, 0.3) is 0 Å². The molecule has 0 bridgehead atoms. The van der Waals surface area contributed by atoms with Gasteiger partial charge in [-0.3, -0.25) is 19.4 Å². The maximum absolute atomic E-state index is 12.9. The zero-order valence-corrected chi connectivity index (χ0v) is 21.7. The molecule has 9 nitrogen and oxygen atoms in total. The van der Waals surface area contributed by atoms with Crippen molar-refractivity contribution in [1.82, 2.24) is 24.6 Å². The zero-order valence-electron chi connectivity index (χ0n) is 21.7. The molecule has 1 aromatic rings. The number of piperazine rings is 2. The van der Waals surface area contributed by atoms with Gasteiger partial charge in [-0.05, 0) is 38.8 Å². The first-order valence-corrected chi connectivity index (χ1v) is 13.2. The highest BCUT2D eigenvalue weighted by Gasteiger charge is 2.30. The van der Waals surface area contributed by atoms with Crippen molar-refractivity contribution in [3.8, 4) is 0 Å². The van der Waals surface area contributed by atoms with Gasteiger partial charge in [-0.1, -0.05) is 6.42 Å². The molecule has 0 atom stereocenters. The van der Waals surface area contributed by atoms with Crippen LogP contribution in [0, 0.1) is 0 Å². The average molecular weight is 487 g/mol. The predicted octanol–water partition coefficient (Wildman–Crippen LogP) is 1.40. The summed E-state index contributed by atoms with van der Waals surface area (Å²) < 4.78 is 5.15. The third-order valence-electron chi connectivity index (χ3n) is 7.73. The SMILES string of the molecule is COCCN(C(=O)c1ccc(N2CCN(CC(=O)N3CCN(C4CCC4)CC3)CC2)nc1)C(C)C. The summed E-state index contributed by atoms with van der Waals surface area (Å²) in [6.07, 6.45) is 5.70. The Hall–Kier alpha value is -2.23. The number of aromatic nitrogens is 1. The van der Waals surface area contributed by atoms with E-state index in [0.29, 0.717) is 25.3 Å². The molecule has 0 unspecified atom stereocenters. The molecule has 3 heterocycles. The molecule has 3 aliphatic rings. The lowest BCUT2D eigenvalue weighted by molar-refractivity contribution is -0.134. The van der Waals surface area contributed by atoms with Gasteiger partial charge in [-0.2, -0.15) is 0 Å². The van der Waals surface area contributed by atoms with Crippen LogP contribution in [0.2, 0.25) is 0 Å². The maximum Gasteiger partial charge on any atom is 0.255 e. The van der Waals surface area contributed by atoms with Crippen LogP contribution in [0.1, 0.15) is 43.5 Å². The van der Waals surface area contributed by atoms with E-state index in [2.05, 4.69) is 19.7 Å². The van der Waals surface area contributed by atoms with Crippen molar-refractivity contribution in [2.24, 2.45) is 0 Å². The van der Waals surface area contributed by atoms with Crippen molar-refractivity contribution in [2.75, 3.05) is 84.1 Å². The molecule has 3 fully saturated rings. The van der Waals surface area contributed by atoms with Crippen molar-refractivity contribution in [1.29, 1.82) is 0 Å². The van der Waals surface area contributed by atoms with Gasteiger partial charge < -0.3 is 19.4 Å². The largest absolute Gasteiger partial charge is 0.383 e. The van der Waals surface area contributed by atoms with Crippen molar-refractivity contribution in [3.63, 3.8) is 0 Å². The molecule has 2 saturated heterocycles. The van der Waals surface area contributed by atoms with Crippen molar-refractivity contribution in [3.05, 3.63) is 23.9 Å². The van der Waals surface area contributed by atoms with Gasteiger partial charge in [0.1, 0.15) is 5.82 Å². The van der Waals surface area contributed by atoms with Crippen molar-refractivity contribution in [2.45, 2.75) is 45.2 Å². The molecule has 2 amide bonds. The third kappa shape index (κ3) is 6.51. The molecular weight excluding hydrogens is 444 g/mol. The number of ether oxygens (including phenoxy) is 1. The average Bonchev–Trinajstić information content (AvgIpc) is 2.84. The molecule has 194 valence electrons. The number of methoxy groups -OCH3 is 1. The Morgan fingerprint density at radius 2 is 1.77 bits per heavy atom. The number of carbonyl (C=O) groups is 2. The summed E-state index contributed by atoms with van der Waals surface area (Å²) in [7, 11) is 1.64. The first-order chi connectivity index (χ1) is 17.0. The summed E-state index contributed by atoms with van der Waals surface area (Å²) in [4.78, 5) is 41.2. The van der Waals surface area contributed by atoms with Crippen LogP contribution in [-0.4, -0.2) is 128 Å². The second kappa shape index (κ2) is 12.1. The molecule has 0 N–H and O–H groups in total. The number of hydrogen-bond acceptors (Lipinski definition) is 7. The van der Waals surface area contributed by atoms with E-state index >= 15 is 0 Å². The highest BCUT2D eigenvalue weighted by Crippen LogP contribution is 2.25. The normalized spacial score (nSPS) is 20.2. The van der Waals surface area contributed by atoms with E-state index in [9.17, 15) is 9.59 Å². The standard InChI is InChI=1S/C26H42N6O3/c1-21(2)32(17-18-35-3)26(34)22-7-8-24(27-19-22)30-11-9-28(10-12-30)20-25(33)31-15-13-29(14-16-31)23-5-4-6-23/h7-8,19,21,23H,4-6,9-18,20H2,1-3H3. The fourth-order valence-electron chi connectivity index (χ4n) is 5.16. The van der Waals surface area contributed by atoms with Crippen molar-refractivity contribution < 1.29 is 14.3 Å². The highest BCUT2D eigenvalue weighted by atomic mass is 16.5. The van der Waals surface area contributed by atoms with E-state index in [1.54, 1.807) is 13.3 Å². The molecule has 1 aliphatic carbocycles. The molecular formula is C26H42N6O3. The van der Waals surface area contributed by atoms with Gasteiger partial charge >= 0.3 is 0 Å². The van der Waals surface area contributed by atoms with Gasteiger partial charge in [-0.25, -0.2) is 4.98 Å². The van der Waals surface area contributed by atoms with Crippen LogP contribution in [0.5, 0.6) is 0 Å².